The largest absolute Gasteiger partial charge is 0.496 e. The van der Waals surface area contributed by atoms with Crippen molar-refractivity contribution in [1.82, 2.24) is 15.2 Å². The van der Waals surface area contributed by atoms with Crippen molar-refractivity contribution in [3.63, 3.8) is 0 Å². The molecule has 6 nitrogen and oxygen atoms in total. The van der Waals surface area contributed by atoms with Gasteiger partial charge in [0.25, 0.3) is 11.5 Å². The summed E-state index contributed by atoms with van der Waals surface area (Å²) in [5.74, 6) is 0.435. The summed E-state index contributed by atoms with van der Waals surface area (Å²) >= 11 is 0. The molecule has 2 N–H and O–H groups in total. The minimum absolute atomic E-state index is 0.0157. The number of piperidine rings is 1. The Hall–Kier alpha value is -3.38. The summed E-state index contributed by atoms with van der Waals surface area (Å²) in [6, 6.07) is 20.9. The zero-order valence-electron chi connectivity index (χ0n) is 18.3. The molecule has 1 atom stereocenters. The van der Waals surface area contributed by atoms with E-state index in [0.29, 0.717) is 12.2 Å². The van der Waals surface area contributed by atoms with Crippen LogP contribution in [0, 0.1) is 0 Å². The molecule has 0 saturated carbocycles. The lowest BCUT2D eigenvalue weighted by molar-refractivity contribution is 0.0921. The highest BCUT2D eigenvalue weighted by Gasteiger charge is 2.25. The van der Waals surface area contributed by atoms with Gasteiger partial charge in [0.2, 0.25) is 0 Å². The number of aromatic amines is 1. The average Bonchev–Trinajstić information content (AvgIpc) is 2.85. The van der Waals surface area contributed by atoms with Gasteiger partial charge in [-0.15, -0.1) is 0 Å². The predicted octanol–water partition coefficient (Wildman–Crippen LogP) is 4.01. The van der Waals surface area contributed by atoms with Gasteiger partial charge in [-0.05, 0) is 49.7 Å². The summed E-state index contributed by atoms with van der Waals surface area (Å²) in [5.41, 5.74) is 2.36. The molecule has 2 aromatic carbocycles. The topological polar surface area (TPSA) is 74.4 Å². The number of methoxy groups -OCH3 is 1. The SMILES string of the molecule is COc1ccccc1C(CNC(=O)c1ccc(-c2ccccc2)[nH]c1=O)N1CCCCC1. The Morgan fingerprint density at radius 2 is 1.72 bits per heavy atom. The lowest BCUT2D eigenvalue weighted by atomic mass is 10.0. The third-order valence-corrected chi connectivity index (χ3v) is 6.02. The summed E-state index contributed by atoms with van der Waals surface area (Å²) in [5, 5.41) is 2.99. The number of amides is 1. The number of benzene rings is 2. The highest BCUT2D eigenvalue weighted by atomic mass is 16.5. The minimum Gasteiger partial charge on any atom is -0.496 e. The molecule has 32 heavy (non-hydrogen) atoms. The molecule has 1 aliphatic rings. The summed E-state index contributed by atoms with van der Waals surface area (Å²) < 4.78 is 5.59. The fraction of sp³-hybridized carbons (Fsp3) is 0.308. The molecule has 1 unspecified atom stereocenters. The first-order valence-electron chi connectivity index (χ1n) is 11.1. The first-order valence-corrected chi connectivity index (χ1v) is 11.1. The number of carbonyl (C=O) groups is 1. The van der Waals surface area contributed by atoms with Crippen LogP contribution in [0.3, 0.4) is 0 Å². The van der Waals surface area contributed by atoms with E-state index in [-0.39, 0.29) is 17.5 Å². The number of nitrogens with one attached hydrogen (secondary N) is 2. The number of likely N-dealkylation sites (tertiary alicyclic amines) is 1. The number of hydrogen-bond acceptors (Lipinski definition) is 4. The molecule has 0 radical (unpaired) electrons. The van der Waals surface area contributed by atoms with Crippen molar-refractivity contribution in [3.05, 3.63) is 88.2 Å². The predicted molar refractivity (Wildman–Crippen MR) is 126 cm³/mol. The summed E-state index contributed by atoms with van der Waals surface area (Å²) in [6.45, 7) is 2.36. The Balaban J connectivity index is 1.53. The Bertz CT molecular complexity index is 1100. The fourth-order valence-electron chi connectivity index (χ4n) is 4.33. The highest BCUT2D eigenvalue weighted by Crippen LogP contribution is 2.31. The molecule has 166 valence electrons. The minimum atomic E-state index is -0.393. The van der Waals surface area contributed by atoms with Crippen LogP contribution in [0.1, 0.15) is 41.2 Å². The molecule has 1 saturated heterocycles. The maximum absolute atomic E-state index is 12.9. The van der Waals surface area contributed by atoms with Crippen LogP contribution in [-0.2, 0) is 0 Å². The Morgan fingerprint density at radius 3 is 2.44 bits per heavy atom. The van der Waals surface area contributed by atoms with E-state index < -0.39 is 5.56 Å². The number of para-hydroxylation sites is 1. The Kier molecular flexibility index (Phi) is 7.02. The van der Waals surface area contributed by atoms with Crippen LogP contribution in [0.2, 0.25) is 0 Å². The number of pyridine rings is 1. The van der Waals surface area contributed by atoms with E-state index in [4.69, 9.17) is 4.74 Å². The van der Waals surface area contributed by atoms with Gasteiger partial charge in [0.05, 0.1) is 13.2 Å². The van der Waals surface area contributed by atoms with Crippen LogP contribution in [-0.4, -0.2) is 42.5 Å². The molecule has 1 amide bonds. The second-order valence-corrected chi connectivity index (χ2v) is 8.05. The number of ether oxygens (including phenoxy) is 1. The van der Waals surface area contributed by atoms with Gasteiger partial charge in [-0.25, -0.2) is 0 Å². The van der Waals surface area contributed by atoms with Crippen LogP contribution in [0.5, 0.6) is 5.75 Å². The third kappa shape index (κ3) is 4.92. The van der Waals surface area contributed by atoms with E-state index in [2.05, 4.69) is 15.2 Å². The number of H-pyrrole nitrogens is 1. The van der Waals surface area contributed by atoms with E-state index in [9.17, 15) is 9.59 Å². The Labute approximate surface area is 188 Å². The van der Waals surface area contributed by atoms with Gasteiger partial charge in [-0.1, -0.05) is 55.0 Å². The van der Waals surface area contributed by atoms with Crippen LogP contribution < -0.4 is 15.6 Å². The first-order chi connectivity index (χ1) is 15.7. The van der Waals surface area contributed by atoms with E-state index in [1.54, 1.807) is 19.2 Å². The summed E-state index contributed by atoms with van der Waals surface area (Å²) in [4.78, 5) is 30.8. The molecular formula is C26H29N3O3. The van der Waals surface area contributed by atoms with Gasteiger partial charge in [-0.2, -0.15) is 0 Å². The summed E-state index contributed by atoms with van der Waals surface area (Å²) in [6.07, 6.45) is 3.51. The molecule has 6 heteroatoms. The maximum atomic E-state index is 12.9. The third-order valence-electron chi connectivity index (χ3n) is 6.02. The quantitative estimate of drug-likeness (QED) is 0.593. The van der Waals surface area contributed by atoms with Crippen LogP contribution >= 0.6 is 0 Å². The van der Waals surface area contributed by atoms with Crippen LogP contribution in [0.4, 0.5) is 0 Å². The molecule has 3 aromatic rings. The smallest absolute Gasteiger partial charge is 0.261 e. The monoisotopic (exact) mass is 431 g/mol. The normalized spacial score (nSPS) is 15.2. The number of carbonyl (C=O) groups excluding carboxylic acids is 1. The molecule has 4 rings (SSSR count). The van der Waals surface area contributed by atoms with Gasteiger partial charge in [0, 0.05) is 17.8 Å². The first kappa shape index (κ1) is 21.8. The molecule has 0 aliphatic carbocycles. The van der Waals surface area contributed by atoms with Crippen LogP contribution in [0.25, 0.3) is 11.3 Å². The zero-order chi connectivity index (χ0) is 22.3. The summed E-state index contributed by atoms with van der Waals surface area (Å²) in [7, 11) is 1.67. The molecule has 0 spiro atoms. The number of hydrogen-bond donors (Lipinski definition) is 2. The van der Waals surface area contributed by atoms with Gasteiger partial charge in [0.15, 0.2) is 0 Å². The van der Waals surface area contributed by atoms with E-state index in [1.165, 1.54) is 6.42 Å². The lowest BCUT2D eigenvalue weighted by Gasteiger charge is -2.35. The van der Waals surface area contributed by atoms with Crippen molar-refractivity contribution in [2.75, 3.05) is 26.7 Å². The van der Waals surface area contributed by atoms with E-state index in [0.717, 1.165) is 42.8 Å². The van der Waals surface area contributed by atoms with E-state index in [1.807, 2.05) is 54.6 Å². The van der Waals surface area contributed by atoms with Crippen molar-refractivity contribution in [1.29, 1.82) is 0 Å². The Morgan fingerprint density at radius 1 is 1.00 bits per heavy atom. The van der Waals surface area contributed by atoms with Gasteiger partial charge < -0.3 is 15.0 Å². The van der Waals surface area contributed by atoms with Crippen molar-refractivity contribution < 1.29 is 9.53 Å². The van der Waals surface area contributed by atoms with Crippen molar-refractivity contribution in [2.24, 2.45) is 0 Å². The second kappa shape index (κ2) is 10.3. The highest BCUT2D eigenvalue weighted by molar-refractivity contribution is 5.94. The average molecular weight is 432 g/mol. The lowest BCUT2D eigenvalue weighted by Crippen LogP contribution is -2.41. The van der Waals surface area contributed by atoms with Crippen molar-refractivity contribution >= 4 is 5.91 Å². The van der Waals surface area contributed by atoms with Gasteiger partial charge in [0.1, 0.15) is 11.3 Å². The number of rotatable bonds is 7. The molecule has 1 aromatic heterocycles. The maximum Gasteiger partial charge on any atom is 0.261 e. The zero-order valence-corrected chi connectivity index (χ0v) is 18.3. The van der Waals surface area contributed by atoms with Crippen molar-refractivity contribution in [2.45, 2.75) is 25.3 Å². The van der Waals surface area contributed by atoms with Crippen molar-refractivity contribution in [3.8, 4) is 17.0 Å². The molecular weight excluding hydrogens is 402 g/mol. The van der Waals surface area contributed by atoms with E-state index >= 15 is 0 Å². The molecule has 0 bridgehead atoms. The number of nitrogens with zero attached hydrogens (tertiary/aromatic N) is 1. The molecule has 1 aliphatic heterocycles. The van der Waals surface area contributed by atoms with Gasteiger partial charge >= 0.3 is 0 Å². The standard InChI is InChI=1S/C26H29N3O3/c1-32-24-13-7-6-12-20(24)23(29-16-8-3-9-17-29)18-27-25(30)21-14-15-22(28-26(21)31)19-10-4-2-5-11-19/h2,4-7,10-15,23H,3,8-9,16-18H2,1H3,(H,27,30)(H,28,31). The second-order valence-electron chi connectivity index (χ2n) is 8.05. The molecule has 2 heterocycles. The number of aromatic nitrogens is 1. The van der Waals surface area contributed by atoms with Crippen LogP contribution in [0.15, 0.2) is 71.5 Å². The van der Waals surface area contributed by atoms with Gasteiger partial charge in [-0.3, -0.25) is 14.5 Å². The molecule has 1 fully saturated rings. The fourth-order valence-corrected chi connectivity index (χ4v) is 4.33.